The zero-order valence-corrected chi connectivity index (χ0v) is 11.7. The van der Waals surface area contributed by atoms with Gasteiger partial charge in [-0.3, -0.25) is 9.59 Å². The van der Waals surface area contributed by atoms with Gasteiger partial charge in [-0.25, -0.2) is 0 Å². The fraction of sp³-hybridized carbons (Fsp3) is 0.833. The molecule has 6 heteroatoms. The maximum absolute atomic E-state index is 11.7. The maximum atomic E-state index is 11.7. The molecule has 0 aromatic carbocycles. The van der Waals surface area contributed by atoms with Crippen molar-refractivity contribution < 1.29 is 9.59 Å². The van der Waals surface area contributed by atoms with Crippen LogP contribution in [0.1, 0.15) is 45.4 Å². The third-order valence-corrected chi connectivity index (χ3v) is 3.46. The number of halogens is 1. The first kappa shape index (κ1) is 17.2. The largest absolute Gasteiger partial charge is 0.370 e. The number of hydrogen-bond donors (Lipinski definition) is 3. The summed E-state index contributed by atoms with van der Waals surface area (Å²) < 4.78 is 0. The van der Waals surface area contributed by atoms with Crippen molar-refractivity contribution in [2.75, 3.05) is 0 Å². The third-order valence-electron chi connectivity index (χ3n) is 3.46. The summed E-state index contributed by atoms with van der Waals surface area (Å²) in [6.07, 6.45) is 5.48. The summed E-state index contributed by atoms with van der Waals surface area (Å²) in [5.74, 6) is -0.102. The molecule has 1 aliphatic rings. The first-order chi connectivity index (χ1) is 8.02. The summed E-state index contributed by atoms with van der Waals surface area (Å²) >= 11 is 0. The lowest BCUT2D eigenvalue weighted by Gasteiger charge is -2.29. The van der Waals surface area contributed by atoms with E-state index in [1.54, 1.807) is 0 Å². The van der Waals surface area contributed by atoms with Crippen LogP contribution in [0.25, 0.3) is 0 Å². The number of amides is 2. The Morgan fingerprint density at radius 2 is 2.06 bits per heavy atom. The van der Waals surface area contributed by atoms with E-state index in [1.807, 2.05) is 0 Å². The van der Waals surface area contributed by atoms with E-state index in [1.165, 1.54) is 6.42 Å². The second-order valence-corrected chi connectivity index (χ2v) is 4.92. The smallest absolute Gasteiger partial charge is 0.237 e. The highest BCUT2D eigenvalue weighted by atomic mass is 35.5. The Balaban J connectivity index is 0.00000289. The van der Waals surface area contributed by atoms with Crippen LogP contribution in [0.15, 0.2) is 0 Å². The molecule has 1 rings (SSSR count). The molecular formula is C12H24ClN3O2. The van der Waals surface area contributed by atoms with E-state index in [2.05, 4.69) is 12.2 Å². The van der Waals surface area contributed by atoms with Crippen LogP contribution in [-0.2, 0) is 9.59 Å². The van der Waals surface area contributed by atoms with Crippen LogP contribution >= 0.6 is 12.4 Å². The lowest BCUT2D eigenvalue weighted by molar-refractivity contribution is -0.127. The second-order valence-electron chi connectivity index (χ2n) is 4.92. The van der Waals surface area contributed by atoms with Crippen LogP contribution in [0.5, 0.6) is 0 Å². The predicted octanol–water partition coefficient (Wildman–Crippen LogP) is 0.696. The molecule has 106 valence electrons. The molecule has 0 saturated heterocycles. The molecule has 3 unspecified atom stereocenters. The van der Waals surface area contributed by atoms with Crippen molar-refractivity contribution in [2.24, 2.45) is 17.4 Å². The molecule has 3 atom stereocenters. The molecule has 0 aromatic heterocycles. The molecule has 0 spiro atoms. The zero-order valence-electron chi connectivity index (χ0n) is 10.9. The molecule has 18 heavy (non-hydrogen) atoms. The topological polar surface area (TPSA) is 98.2 Å². The Morgan fingerprint density at radius 1 is 1.39 bits per heavy atom. The van der Waals surface area contributed by atoms with Gasteiger partial charge in [0.15, 0.2) is 0 Å². The van der Waals surface area contributed by atoms with Crippen molar-refractivity contribution in [1.29, 1.82) is 0 Å². The Hall–Kier alpha value is -0.810. The van der Waals surface area contributed by atoms with Crippen LogP contribution < -0.4 is 16.8 Å². The lowest BCUT2D eigenvalue weighted by atomic mass is 9.84. The number of carbonyl (C=O) groups is 2. The van der Waals surface area contributed by atoms with E-state index in [4.69, 9.17) is 11.5 Å². The average Bonchev–Trinajstić information content (AvgIpc) is 2.28. The van der Waals surface area contributed by atoms with E-state index in [-0.39, 0.29) is 30.8 Å². The van der Waals surface area contributed by atoms with Crippen molar-refractivity contribution in [3.63, 3.8) is 0 Å². The highest BCUT2D eigenvalue weighted by Crippen LogP contribution is 2.26. The fourth-order valence-electron chi connectivity index (χ4n) is 2.41. The third kappa shape index (κ3) is 5.69. The van der Waals surface area contributed by atoms with Crippen LogP contribution in [0, 0.1) is 5.92 Å². The molecule has 0 bridgehead atoms. The van der Waals surface area contributed by atoms with Crippen LogP contribution in [0.2, 0.25) is 0 Å². The van der Waals surface area contributed by atoms with Crippen molar-refractivity contribution in [1.82, 2.24) is 5.32 Å². The van der Waals surface area contributed by atoms with Crippen LogP contribution in [-0.4, -0.2) is 23.9 Å². The molecule has 2 amide bonds. The van der Waals surface area contributed by atoms with E-state index in [0.29, 0.717) is 5.92 Å². The van der Waals surface area contributed by atoms with E-state index >= 15 is 0 Å². The predicted molar refractivity (Wildman–Crippen MR) is 73.2 cm³/mol. The van der Waals surface area contributed by atoms with Crippen molar-refractivity contribution >= 4 is 24.2 Å². The average molecular weight is 278 g/mol. The van der Waals surface area contributed by atoms with Crippen LogP contribution in [0.3, 0.4) is 0 Å². The Morgan fingerprint density at radius 3 is 2.61 bits per heavy atom. The summed E-state index contributed by atoms with van der Waals surface area (Å²) in [4.78, 5) is 22.4. The Bertz CT molecular complexity index is 286. The highest BCUT2D eigenvalue weighted by molar-refractivity contribution is 5.87. The minimum Gasteiger partial charge on any atom is -0.370 e. The van der Waals surface area contributed by atoms with Gasteiger partial charge in [-0.2, -0.15) is 0 Å². The fourth-order valence-corrected chi connectivity index (χ4v) is 2.41. The van der Waals surface area contributed by atoms with E-state index < -0.39 is 11.9 Å². The quantitative estimate of drug-likeness (QED) is 0.690. The van der Waals surface area contributed by atoms with Gasteiger partial charge in [0.1, 0.15) is 0 Å². The standard InChI is InChI=1S/C12H23N3O2.ClH/c1-2-8-4-3-5-9(6-8)15-12(17)10(13)7-11(14)16;/h8-10H,2-7,13H2,1H3,(H2,14,16)(H,15,17);1H. The summed E-state index contributed by atoms with van der Waals surface area (Å²) in [6.45, 7) is 2.17. The molecule has 1 saturated carbocycles. The number of rotatable bonds is 5. The first-order valence-corrected chi connectivity index (χ1v) is 6.37. The molecule has 0 radical (unpaired) electrons. The van der Waals surface area contributed by atoms with Gasteiger partial charge in [0, 0.05) is 6.04 Å². The van der Waals surface area contributed by atoms with Gasteiger partial charge in [-0.05, 0) is 18.8 Å². The molecule has 0 aromatic rings. The minimum atomic E-state index is -0.811. The maximum Gasteiger partial charge on any atom is 0.237 e. The number of nitrogens with two attached hydrogens (primary N) is 2. The summed E-state index contributed by atoms with van der Waals surface area (Å²) in [7, 11) is 0. The van der Waals surface area contributed by atoms with Crippen molar-refractivity contribution in [3.05, 3.63) is 0 Å². The summed E-state index contributed by atoms with van der Waals surface area (Å²) in [5, 5.41) is 2.92. The molecular weight excluding hydrogens is 254 g/mol. The monoisotopic (exact) mass is 277 g/mol. The number of nitrogens with one attached hydrogen (secondary N) is 1. The Kier molecular flexibility index (Phi) is 7.95. The van der Waals surface area contributed by atoms with E-state index in [9.17, 15) is 9.59 Å². The molecule has 0 heterocycles. The molecule has 0 aliphatic heterocycles. The van der Waals surface area contributed by atoms with Gasteiger partial charge >= 0.3 is 0 Å². The molecule has 1 aliphatic carbocycles. The normalized spacial score (nSPS) is 24.8. The van der Waals surface area contributed by atoms with Gasteiger partial charge < -0.3 is 16.8 Å². The van der Waals surface area contributed by atoms with Gasteiger partial charge in [-0.15, -0.1) is 12.4 Å². The minimum absolute atomic E-state index is 0. The molecule has 1 fully saturated rings. The van der Waals surface area contributed by atoms with Crippen molar-refractivity contribution in [3.8, 4) is 0 Å². The number of primary amides is 1. The SMILES string of the molecule is CCC1CCCC(NC(=O)C(N)CC(N)=O)C1.Cl. The Labute approximate surface area is 114 Å². The van der Waals surface area contributed by atoms with Gasteiger partial charge in [0.2, 0.25) is 11.8 Å². The lowest BCUT2D eigenvalue weighted by Crippen LogP contribution is -2.48. The highest BCUT2D eigenvalue weighted by Gasteiger charge is 2.24. The first-order valence-electron chi connectivity index (χ1n) is 6.37. The zero-order chi connectivity index (χ0) is 12.8. The summed E-state index contributed by atoms with van der Waals surface area (Å²) in [6, 6.07) is -0.602. The molecule has 5 nitrogen and oxygen atoms in total. The van der Waals surface area contributed by atoms with Gasteiger partial charge in [0.05, 0.1) is 12.5 Å². The molecule has 5 N–H and O–H groups in total. The van der Waals surface area contributed by atoms with Crippen molar-refractivity contribution in [2.45, 2.75) is 57.5 Å². The van der Waals surface area contributed by atoms with Gasteiger partial charge in [0.25, 0.3) is 0 Å². The summed E-state index contributed by atoms with van der Waals surface area (Å²) in [5.41, 5.74) is 10.6. The van der Waals surface area contributed by atoms with E-state index in [0.717, 1.165) is 25.7 Å². The van der Waals surface area contributed by atoms with Gasteiger partial charge in [-0.1, -0.05) is 26.2 Å². The number of carbonyl (C=O) groups excluding carboxylic acids is 2. The second kappa shape index (κ2) is 8.32. The number of hydrogen-bond acceptors (Lipinski definition) is 3. The van der Waals surface area contributed by atoms with Crippen LogP contribution in [0.4, 0.5) is 0 Å².